The molecule has 6 rings (SSSR count). The molecule has 1 saturated carbocycles. The maximum absolute atomic E-state index is 14.2. The topological polar surface area (TPSA) is 57.6 Å². The minimum absolute atomic E-state index is 0.0252. The number of urea groups is 1. The van der Waals surface area contributed by atoms with Crippen LogP contribution < -0.4 is 10.2 Å². The molecule has 0 saturated heterocycles. The third kappa shape index (κ3) is 4.24. The summed E-state index contributed by atoms with van der Waals surface area (Å²) in [6.45, 7) is 3.92. The van der Waals surface area contributed by atoms with Crippen molar-refractivity contribution >= 4 is 23.3 Å². The molecule has 6 nitrogen and oxygen atoms in total. The number of rotatable bonds is 5. The zero-order chi connectivity index (χ0) is 26.4. The van der Waals surface area contributed by atoms with Crippen LogP contribution >= 0.6 is 0 Å². The summed E-state index contributed by atoms with van der Waals surface area (Å²) in [5, 5.41) is 3.03. The van der Waals surface area contributed by atoms with Crippen LogP contribution in [0.25, 0.3) is 5.69 Å². The minimum atomic E-state index is -0.462. The molecule has 1 aliphatic heterocycles. The Bertz CT molecular complexity index is 1520. The van der Waals surface area contributed by atoms with Crippen molar-refractivity contribution in [2.24, 2.45) is 0 Å². The van der Waals surface area contributed by atoms with Gasteiger partial charge in [0.25, 0.3) is 0 Å². The molecule has 1 unspecified atom stereocenters. The van der Waals surface area contributed by atoms with Crippen LogP contribution in [0.5, 0.6) is 0 Å². The second-order valence-corrected chi connectivity index (χ2v) is 10.0. The van der Waals surface area contributed by atoms with Crippen LogP contribution in [-0.4, -0.2) is 34.0 Å². The molecule has 1 fully saturated rings. The highest BCUT2D eigenvalue weighted by Crippen LogP contribution is 2.42. The van der Waals surface area contributed by atoms with Gasteiger partial charge in [0.15, 0.2) is 0 Å². The number of para-hydroxylation sites is 2. The molecule has 4 aromatic rings. The highest BCUT2D eigenvalue weighted by molar-refractivity contribution is 6.01. The number of nitrogens with one attached hydrogen (secondary N) is 1. The Morgan fingerprint density at radius 3 is 2.39 bits per heavy atom. The van der Waals surface area contributed by atoms with Gasteiger partial charge in [-0.05, 0) is 85.8 Å². The number of hydrogen-bond acceptors (Lipinski definition) is 2. The van der Waals surface area contributed by atoms with E-state index in [4.69, 9.17) is 0 Å². The number of aryl methyl sites for hydroxylation is 1. The summed E-state index contributed by atoms with van der Waals surface area (Å²) in [5.74, 6) is -0.525. The molecule has 3 aromatic carbocycles. The third-order valence-electron chi connectivity index (χ3n) is 7.57. The lowest BCUT2D eigenvalue weighted by molar-refractivity contribution is -0.119. The Kier molecular flexibility index (Phi) is 5.98. The normalized spacial score (nSPS) is 16.0. The van der Waals surface area contributed by atoms with Crippen LogP contribution in [0.3, 0.4) is 0 Å². The molecule has 2 heterocycles. The summed E-state index contributed by atoms with van der Waals surface area (Å²) >= 11 is 0. The van der Waals surface area contributed by atoms with E-state index in [1.807, 2.05) is 74.6 Å². The molecule has 2 aliphatic rings. The summed E-state index contributed by atoms with van der Waals surface area (Å²) in [7, 11) is 0. The molecule has 0 spiro atoms. The van der Waals surface area contributed by atoms with Gasteiger partial charge in [-0.2, -0.15) is 0 Å². The molecule has 1 N–H and O–H groups in total. The predicted octanol–water partition coefficient (Wildman–Crippen LogP) is 6.37. The van der Waals surface area contributed by atoms with Crippen molar-refractivity contribution in [3.63, 3.8) is 0 Å². The lowest BCUT2D eigenvalue weighted by Gasteiger charge is -2.39. The van der Waals surface area contributed by atoms with E-state index in [0.717, 1.165) is 52.3 Å². The lowest BCUT2D eigenvalue weighted by atomic mass is 9.97. The zero-order valence-corrected chi connectivity index (χ0v) is 21.4. The van der Waals surface area contributed by atoms with Crippen molar-refractivity contribution in [3.05, 3.63) is 113 Å². The van der Waals surface area contributed by atoms with Gasteiger partial charge in [0, 0.05) is 17.9 Å². The van der Waals surface area contributed by atoms with E-state index >= 15 is 0 Å². The summed E-state index contributed by atoms with van der Waals surface area (Å²) in [6, 6.07) is 23.0. The second-order valence-electron chi connectivity index (χ2n) is 10.0. The van der Waals surface area contributed by atoms with E-state index in [9.17, 15) is 14.0 Å². The van der Waals surface area contributed by atoms with Crippen LogP contribution in [-0.2, 0) is 4.79 Å². The number of fused-ring (bicyclic) bond motifs is 3. The maximum Gasteiger partial charge on any atom is 0.322 e. The summed E-state index contributed by atoms with van der Waals surface area (Å²) in [6.07, 6.45) is 3.71. The van der Waals surface area contributed by atoms with Crippen LogP contribution in [0.4, 0.5) is 20.6 Å². The van der Waals surface area contributed by atoms with Gasteiger partial charge >= 0.3 is 6.03 Å². The van der Waals surface area contributed by atoms with Crippen LogP contribution in [0.15, 0.2) is 85.1 Å². The molecule has 1 aromatic heterocycles. The van der Waals surface area contributed by atoms with E-state index in [2.05, 4.69) is 9.88 Å². The number of carbonyl (C=O) groups is 2. The molecular formula is C31H29FN4O2. The molecule has 0 bridgehead atoms. The molecule has 1 atom stereocenters. The number of hydrogen-bond donors (Lipinski definition) is 1. The summed E-state index contributed by atoms with van der Waals surface area (Å²) < 4.78 is 15.9. The van der Waals surface area contributed by atoms with Gasteiger partial charge in [-0.1, -0.05) is 36.4 Å². The van der Waals surface area contributed by atoms with Crippen molar-refractivity contribution in [1.29, 1.82) is 0 Å². The number of anilines is 2. The van der Waals surface area contributed by atoms with Crippen molar-refractivity contribution in [3.8, 4) is 5.69 Å². The fourth-order valence-corrected chi connectivity index (χ4v) is 5.27. The molecule has 192 valence electrons. The Morgan fingerprint density at radius 2 is 1.66 bits per heavy atom. The zero-order valence-electron chi connectivity index (χ0n) is 21.4. The molecule has 38 heavy (non-hydrogen) atoms. The number of nitrogens with zero attached hydrogens (tertiary/aromatic N) is 3. The number of halogens is 1. The van der Waals surface area contributed by atoms with Gasteiger partial charge in [-0.15, -0.1) is 0 Å². The van der Waals surface area contributed by atoms with E-state index in [1.165, 1.54) is 12.1 Å². The molecular weight excluding hydrogens is 479 g/mol. The standard InChI is InChI=1S/C31H29FN4O2/c1-20-7-5-8-25(21(20)2)33-31(38)35(24-16-17-24)19-29(37)36-27-10-4-3-9-26(27)34-18-6-11-28(34)30(36)22-12-14-23(32)15-13-22/h3-15,18,24,30H,16-17,19H2,1-2H3,(H,33,38). The van der Waals surface area contributed by atoms with Gasteiger partial charge in [-0.3, -0.25) is 9.69 Å². The van der Waals surface area contributed by atoms with E-state index < -0.39 is 6.04 Å². The molecule has 7 heteroatoms. The highest BCUT2D eigenvalue weighted by atomic mass is 19.1. The molecule has 0 radical (unpaired) electrons. The number of benzene rings is 3. The Morgan fingerprint density at radius 1 is 0.921 bits per heavy atom. The summed E-state index contributed by atoms with van der Waals surface area (Å²) in [5.41, 5.74) is 6.18. The van der Waals surface area contributed by atoms with E-state index in [0.29, 0.717) is 0 Å². The first-order chi connectivity index (χ1) is 18.4. The Labute approximate surface area is 221 Å². The van der Waals surface area contributed by atoms with Gasteiger partial charge in [0.1, 0.15) is 18.4 Å². The Hall–Kier alpha value is -4.39. The van der Waals surface area contributed by atoms with Crippen molar-refractivity contribution in [2.45, 2.75) is 38.8 Å². The second kappa shape index (κ2) is 9.49. The summed E-state index contributed by atoms with van der Waals surface area (Å²) in [4.78, 5) is 31.1. The van der Waals surface area contributed by atoms with Crippen LogP contribution in [0.2, 0.25) is 0 Å². The highest BCUT2D eigenvalue weighted by Gasteiger charge is 2.40. The average Bonchev–Trinajstić information content (AvgIpc) is 3.64. The fraction of sp³-hybridized carbons (Fsp3) is 0.226. The van der Waals surface area contributed by atoms with Gasteiger partial charge in [-0.25, -0.2) is 9.18 Å². The monoisotopic (exact) mass is 508 g/mol. The number of carbonyl (C=O) groups excluding carboxylic acids is 2. The van der Waals surface area contributed by atoms with E-state index in [-0.39, 0.29) is 30.3 Å². The largest absolute Gasteiger partial charge is 0.322 e. The quantitative estimate of drug-likeness (QED) is 0.341. The van der Waals surface area contributed by atoms with Gasteiger partial charge in [0.05, 0.1) is 17.1 Å². The first-order valence-corrected chi connectivity index (χ1v) is 12.9. The molecule has 3 amide bonds. The van der Waals surface area contributed by atoms with Gasteiger partial charge < -0.3 is 14.8 Å². The van der Waals surface area contributed by atoms with Crippen LogP contribution in [0.1, 0.15) is 41.3 Å². The third-order valence-corrected chi connectivity index (χ3v) is 7.57. The maximum atomic E-state index is 14.2. The first-order valence-electron chi connectivity index (χ1n) is 12.9. The van der Waals surface area contributed by atoms with E-state index in [1.54, 1.807) is 21.9 Å². The average molecular weight is 509 g/mol. The molecule has 1 aliphatic carbocycles. The van der Waals surface area contributed by atoms with Crippen molar-refractivity contribution in [2.75, 3.05) is 16.8 Å². The van der Waals surface area contributed by atoms with Crippen LogP contribution in [0, 0.1) is 19.7 Å². The number of aromatic nitrogens is 1. The predicted molar refractivity (Wildman–Crippen MR) is 146 cm³/mol. The fourth-order valence-electron chi connectivity index (χ4n) is 5.27. The first kappa shape index (κ1) is 24.0. The Balaban J connectivity index is 1.36. The van der Waals surface area contributed by atoms with Crippen molar-refractivity contribution < 1.29 is 14.0 Å². The lowest BCUT2D eigenvalue weighted by Crippen LogP contribution is -2.48. The minimum Gasteiger partial charge on any atom is -0.316 e. The smallest absolute Gasteiger partial charge is 0.316 e. The van der Waals surface area contributed by atoms with Gasteiger partial charge in [0.2, 0.25) is 5.91 Å². The SMILES string of the molecule is Cc1cccc(NC(=O)N(CC(=O)N2c3ccccc3-n3cccc3C2c2ccc(F)cc2)C2CC2)c1C. The van der Waals surface area contributed by atoms with Crippen molar-refractivity contribution in [1.82, 2.24) is 9.47 Å². The number of amides is 3.